The largest absolute Gasteiger partial charge is 0.351 e. The van der Waals surface area contributed by atoms with E-state index < -0.39 is 0 Å². The van der Waals surface area contributed by atoms with Crippen LogP contribution in [0.5, 0.6) is 0 Å². The number of imidazole rings is 1. The van der Waals surface area contributed by atoms with Crippen LogP contribution in [0, 0.1) is 6.92 Å². The molecule has 1 aliphatic heterocycles. The van der Waals surface area contributed by atoms with Crippen LogP contribution in [0.15, 0.2) is 30.3 Å². The summed E-state index contributed by atoms with van der Waals surface area (Å²) in [7, 11) is 0. The summed E-state index contributed by atoms with van der Waals surface area (Å²) in [5, 5.41) is 6.87. The van der Waals surface area contributed by atoms with E-state index in [2.05, 4.69) is 49.4 Å². The Balaban J connectivity index is 1.54. The molecule has 28 heavy (non-hydrogen) atoms. The van der Waals surface area contributed by atoms with Gasteiger partial charge in [0, 0.05) is 50.9 Å². The summed E-state index contributed by atoms with van der Waals surface area (Å²) in [6.45, 7) is 8.22. The van der Waals surface area contributed by atoms with E-state index in [1.807, 2.05) is 13.0 Å². The molecule has 0 amide bonds. The van der Waals surface area contributed by atoms with Gasteiger partial charge in [-0.1, -0.05) is 30.3 Å². The molecule has 0 bridgehead atoms. The van der Waals surface area contributed by atoms with Crippen LogP contribution in [0.2, 0.25) is 0 Å². The summed E-state index contributed by atoms with van der Waals surface area (Å²) in [5.74, 6) is 1.71. The zero-order valence-corrected chi connectivity index (χ0v) is 16.4. The molecule has 1 saturated carbocycles. The quantitative estimate of drug-likeness (QED) is 0.687. The Morgan fingerprint density at radius 3 is 2.57 bits per heavy atom. The maximum Gasteiger partial charge on any atom is 0.225 e. The second-order valence-corrected chi connectivity index (χ2v) is 7.77. The molecule has 1 aromatic carbocycles. The molecule has 146 valence electrons. The fourth-order valence-electron chi connectivity index (χ4n) is 3.81. The third-order valence-electron chi connectivity index (χ3n) is 5.56. The Hall–Kier alpha value is -2.51. The molecule has 1 saturated heterocycles. The molecule has 0 unspecified atom stereocenters. The summed E-state index contributed by atoms with van der Waals surface area (Å²) in [5.41, 5.74) is 3.90. The molecular formula is C21H27N7. The second-order valence-electron chi connectivity index (χ2n) is 7.77. The van der Waals surface area contributed by atoms with E-state index in [9.17, 15) is 0 Å². The van der Waals surface area contributed by atoms with Crippen LogP contribution >= 0.6 is 0 Å². The first-order valence-electron chi connectivity index (χ1n) is 10.3. The zero-order chi connectivity index (χ0) is 18.9. The molecule has 0 spiro atoms. The average molecular weight is 377 g/mol. The van der Waals surface area contributed by atoms with Gasteiger partial charge in [0.25, 0.3) is 0 Å². The molecule has 2 N–H and O–H groups in total. The number of aryl methyl sites for hydroxylation is 1. The van der Waals surface area contributed by atoms with Crippen molar-refractivity contribution in [2.75, 3.05) is 38.0 Å². The molecule has 5 rings (SSSR count). The van der Waals surface area contributed by atoms with Crippen LogP contribution in [-0.4, -0.2) is 63.2 Å². The van der Waals surface area contributed by atoms with Crippen LogP contribution in [0.1, 0.15) is 18.5 Å². The number of hydrogen-bond donors (Lipinski definition) is 2. The van der Waals surface area contributed by atoms with Crippen LogP contribution in [0.4, 0.5) is 5.95 Å². The molecule has 0 atom stereocenters. The minimum atomic E-state index is 0.530. The predicted octanol–water partition coefficient (Wildman–Crippen LogP) is 2.28. The maximum atomic E-state index is 4.96. The predicted molar refractivity (Wildman–Crippen MR) is 111 cm³/mol. The van der Waals surface area contributed by atoms with Crippen molar-refractivity contribution in [3.05, 3.63) is 36.0 Å². The van der Waals surface area contributed by atoms with Gasteiger partial charge in [-0.3, -0.25) is 4.90 Å². The van der Waals surface area contributed by atoms with E-state index in [1.54, 1.807) is 0 Å². The Morgan fingerprint density at radius 2 is 1.82 bits per heavy atom. The number of anilines is 1. The third kappa shape index (κ3) is 3.59. The molecule has 3 aromatic rings. The Kier molecular flexibility index (Phi) is 4.70. The summed E-state index contributed by atoms with van der Waals surface area (Å²) in [6.07, 6.45) is 2.41. The van der Waals surface area contributed by atoms with Gasteiger partial charge < -0.3 is 15.2 Å². The van der Waals surface area contributed by atoms with E-state index in [0.717, 1.165) is 73.5 Å². The van der Waals surface area contributed by atoms with Gasteiger partial charge in [0.15, 0.2) is 5.65 Å². The molecular weight excluding hydrogens is 350 g/mol. The van der Waals surface area contributed by atoms with Crippen molar-refractivity contribution in [3.63, 3.8) is 0 Å². The van der Waals surface area contributed by atoms with Crippen molar-refractivity contribution < 1.29 is 0 Å². The Labute approximate surface area is 165 Å². The Bertz CT molecular complexity index is 956. The number of nitrogens with zero attached hydrogens (tertiary/aromatic N) is 5. The number of hydrogen-bond acceptors (Lipinski definition) is 6. The van der Waals surface area contributed by atoms with Crippen molar-refractivity contribution in [2.24, 2.45) is 0 Å². The van der Waals surface area contributed by atoms with E-state index in [4.69, 9.17) is 9.97 Å². The van der Waals surface area contributed by atoms with Gasteiger partial charge >= 0.3 is 0 Å². The number of aromatic nitrogens is 4. The van der Waals surface area contributed by atoms with E-state index in [-0.39, 0.29) is 0 Å². The highest BCUT2D eigenvalue weighted by atomic mass is 15.2. The normalized spacial score (nSPS) is 17.9. The minimum Gasteiger partial charge on any atom is -0.351 e. The third-order valence-corrected chi connectivity index (χ3v) is 5.56. The van der Waals surface area contributed by atoms with Crippen LogP contribution in [0.3, 0.4) is 0 Å². The van der Waals surface area contributed by atoms with Crippen LogP contribution < -0.4 is 10.6 Å². The lowest BCUT2D eigenvalue weighted by Gasteiger charge is -2.27. The molecule has 2 aliphatic rings. The zero-order valence-electron chi connectivity index (χ0n) is 16.4. The second kappa shape index (κ2) is 7.48. The number of fused-ring (bicyclic) bond motifs is 1. The van der Waals surface area contributed by atoms with Gasteiger partial charge in [0.2, 0.25) is 5.95 Å². The van der Waals surface area contributed by atoms with Gasteiger partial charge in [-0.2, -0.15) is 4.98 Å². The highest BCUT2D eigenvalue weighted by Gasteiger charge is 2.24. The van der Waals surface area contributed by atoms with E-state index in [1.165, 1.54) is 12.8 Å². The number of piperazine rings is 1. The van der Waals surface area contributed by atoms with Crippen LogP contribution in [0.25, 0.3) is 22.6 Å². The lowest BCUT2D eigenvalue weighted by Crippen LogP contribution is -2.44. The molecule has 7 nitrogen and oxygen atoms in total. The van der Waals surface area contributed by atoms with Crippen molar-refractivity contribution in [2.45, 2.75) is 32.4 Å². The highest BCUT2D eigenvalue weighted by molar-refractivity contribution is 5.80. The SMILES string of the molecule is Cc1nc(NC2CC2)nc2c1nc(-c1ccccc1)n2CCN1CCNCC1. The van der Waals surface area contributed by atoms with Crippen molar-refractivity contribution in [1.82, 2.24) is 29.7 Å². The fraction of sp³-hybridized carbons (Fsp3) is 0.476. The fourth-order valence-corrected chi connectivity index (χ4v) is 3.81. The van der Waals surface area contributed by atoms with Crippen molar-refractivity contribution in [1.29, 1.82) is 0 Å². The first kappa shape index (κ1) is 17.6. The number of rotatable bonds is 6. The van der Waals surface area contributed by atoms with Gasteiger partial charge in [-0.25, -0.2) is 9.97 Å². The van der Waals surface area contributed by atoms with Gasteiger partial charge in [-0.05, 0) is 19.8 Å². The summed E-state index contributed by atoms with van der Waals surface area (Å²) in [6, 6.07) is 10.9. The van der Waals surface area contributed by atoms with Gasteiger partial charge in [0.1, 0.15) is 11.3 Å². The Morgan fingerprint density at radius 1 is 1.04 bits per heavy atom. The monoisotopic (exact) mass is 377 g/mol. The molecule has 2 aromatic heterocycles. The molecule has 3 heterocycles. The highest BCUT2D eigenvalue weighted by Crippen LogP contribution is 2.28. The maximum absolute atomic E-state index is 4.96. The lowest BCUT2D eigenvalue weighted by molar-refractivity contribution is 0.233. The summed E-state index contributed by atoms with van der Waals surface area (Å²) >= 11 is 0. The summed E-state index contributed by atoms with van der Waals surface area (Å²) < 4.78 is 2.28. The molecule has 0 radical (unpaired) electrons. The van der Waals surface area contributed by atoms with Crippen LogP contribution in [-0.2, 0) is 6.54 Å². The molecule has 1 aliphatic carbocycles. The topological polar surface area (TPSA) is 70.9 Å². The summed E-state index contributed by atoms with van der Waals surface area (Å²) in [4.78, 5) is 17.0. The number of benzene rings is 1. The van der Waals surface area contributed by atoms with Crippen molar-refractivity contribution in [3.8, 4) is 11.4 Å². The first-order valence-corrected chi connectivity index (χ1v) is 10.3. The lowest BCUT2D eigenvalue weighted by atomic mass is 10.2. The molecule has 2 fully saturated rings. The van der Waals surface area contributed by atoms with Gasteiger partial charge in [-0.15, -0.1) is 0 Å². The molecule has 7 heteroatoms. The first-order chi connectivity index (χ1) is 13.8. The van der Waals surface area contributed by atoms with E-state index >= 15 is 0 Å². The van der Waals surface area contributed by atoms with Crippen molar-refractivity contribution >= 4 is 17.1 Å². The smallest absolute Gasteiger partial charge is 0.225 e. The standard InChI is InChI=1S/C21H27N7/c1-15-18-20(26-21(23-15)24-17-7-8-17)28(14-13-27-11-9-22-10-12-27)19(25-18)16-5-3-2-4-6-16/h2-6,17,22H,7-14H2,1H3,(H,23,24,26). The average Bonchev–Trinajstić information content (AvgIpc) is 3.46. The van der Waals surface area contributed by atoms with Gasteiger partial charge in [0.05, 0.1) is 5.69 Å². The van der Waals surface area contributed by atoms with E-state index in [0.29, 0.717) is 6.04 Å². The minimum absolute atomic E-state index is 0.530. The number of nitrogens with one attached hydrogen (secondary N) is 2.